The number of nitrogens with zero attached hydrogens (tertiary/aromatic N) is 2. The SMILES string of the molecule is CCOC(=O)N1CCC(NC(=O)NCc2cccnc2)CC1. The molecule has 0 saturated carbocycles. The van der Waals surface area contributed by atoms with Gasteiger partial charge >= 0.3 is 12.1 Å². The second-order valence-electron chi connectivity index (χ2n) is 5.15. The maximum Gasteiger partial charge on any atom is 0.409 e. The lowest BCUT2D eigenvalue weighted by Gasteiger charge is -2.31. The van der Waals surface area contributed by atoms with Crippen LogP contribution in [0, 0.1) is 0 Å². The summed E-state index contributed by atoms with van der Waals surface area (Å²) in [7, 11) is 0. The van der Waals surface area contributed by atoms with Crippen molar-refractivity contribution in [1.82, 2.24) is 20.5 Å². The molecule has 0 atom stereocenters. The number of carbonyl (C=O) groups excluding carboxylic acids is 2. The highest BCUT2D eigenvalue weighted by molar-refractivity contribution is 5.74. The van der Waals surface area contributed by atoms with Gasteiger partial charge in [-0.1, -0.05) is 6.07 Å². The summed E-state index contributed by atoms with van der Waals surface area (Å²) in [6, 6.07) is 3.63. The Bertz CT molecular complexity index is 487. The van der Waals surface area contributed by atoms with Gasteiger partial charge in [0.25, 0.3) is 0 Å². The van der Waals surface area contributed by atoms with Crippen LogP contribution in [0.2, 0.25) is 0 Å². The number of likely N-dealkylation sites (tertiary alicyclic amines) is 1. The Hall–Kier alpha value is -2.31. The lowest BCUT2D eigenvalue weighted by molar-refractivity contribution is 0.0957. The number of carbonyl (C=O) groups is 2. The van der Waals surface area contributed by atoms with E-state index in [0.717, 1.165) is 18.4 Å². The molecule has 7 heteroatoms. The van der Waals surface area contributed by atoms with Gasteiger partial charge in [0.15, 0.2) is 0 Å². The third-order valence-corrected chi connectivity index (χ3v) is 3.53. The fourth-order valence-electron chi connectivity index (χ4n) is 2.34. The number of urea groups is 1. The second-order valence-corrected chi connectivity index (χ2v) is 5.15. The van der Waals surface area contributed by atoms with Gasteiger partial charge in [-0.15, -0.1) is 0 Å². The van der Waals surface area contributed by atoms with Crippen LogP contribution < -0.4 is 10.6 Å². The van der Waals surface area contributed by atoms with Crippen LogP contribution in [0.4, 0.5) is 9.59 Å². The van der Waals surface area contributed by atoms with Crippen molar-refractivity contribution in [3.8, 4) is 0 Å². The van der Waals surface area contributed by atoms with Gasteiger partial charge in [0.1, 0.15) is 0 Å². The maximum absolute atomic E-state index is 11.9. The normalized spacial score (nSPS) is 15.2. The second kappa shape index (κ2) is 8.21. The molecule has 1 aliphatic heterocycles. The third-order valence-electron chi connectivity index (χ3n) is 3.53. The number of amides is 3. The lowest BCUT2D eigenvalue weighted by atomic mass is 10.1. The molecular formula is C15H22N4O3. The number of pyridine rings is 1. The molecule has 1 aromatic rings. The Labute approximate surface area is 130 Å². The van der Waals surface area contributed by atoms with Crippen molar-refractivity contribution in [3.63, 3.8) is 0 Å². The van der Waals surface area contributed by atoms with Gasteiger partial charge in [-0.2, -0.15) is 0 Å². The van der Waals surface area contributed by atoms with Crippen molar-refractivity contribution in [3.05, 3.63) is 30.1 Å². The predicted molar refractivity (Wildman–Crippen MR) is 81.2 cm³/mol. The minimum atomic E-state index is -0.276. The quantitative estimate of drug-likeness (QED) is 0.883. The molecule has 1 fully saturated rings. The summed E-state index contributed by atoms with van der Waals surface area (Å²) in [5.41, 5.74) is 0.954. The predicted octanol–water partition coefficient (Wildman–Crippen LogP) is 1.50. The molecule has 2 N–H and O–H groups in total. The van der Waals surface area contributed by atoms with Gasteiger partial charge in [0, 0.05) is 38.1 Å². The van der Waals surface area contributed by atoms with Crippen LogP contribution in [0.5, 0.6) is 0 Å². The van der Waals surface area contributed by atoms with E-state index in [2.05, 4.69) is 15.6 Å². The molecule has 0 bridgehead atoms. The van der Waals surface area contributed by atoms with Crippen molar-refractivity contribution in [1.29, 1.82) is 0 Å². The summed E-state index contributed by atoms with van der Waals surface area (Å²) >= 11 is 0. The van der Waals surface area contributed by atoms with Crippen molar-refractivity contribution < 1.29 is 14.3 Å². The Kier molecular flexibility index (Phi) is 6.00. The third kappa shape index (κ3) is 4.91. The number of nitrogens with one attached hydrogen (secondary N) is 2. The van der Waals surface area contributed by atoms with Crippen LogP contribution in [-0.4, -0.2) is 47.7 Å². The molecular weight excluding hydrogens is 284 g/mol. The van der Waals surface area contributed by atoms with Crippen molar-refractivity contribution in [2.24, 2.45) is 0 Å². The van der Waals surface area contributed by atoms with E-state index in [4.69, 9.17) is 4.74 Å². The van der Waals surface area contributed by atoms with E-state index >= 15 is 0 Å². The Morgan fingerprint density at radius 1 is 1.41 bits per heavy atom. The molecule has 1 saturated heterocycles. The van der Waals surface area contributed by atoms with Crippen LogP contribution in [0.15, 0.2) is 24.5 Å². The molecule has 0 aliphatic carbocycles. The van der Waals surface area contributed by atoms with E-state index < -0.39 is 0 Å². The van der Waals surface area contributed by atoms with Crippen LogP contribution >= 0.6 is 0 Å². The molecule has 3 amide bonds. The van der Waals surface area contributed by atoms with Gasteiger partial charge in [0.2, 0.25) is 0 Å². The first-order valence-corrected chi connectivity index (χ1v) is 7.54. The summed E-state index contributed by atoms with van der Waals surface area (Å²) in [6.45, 7) is 3.83. The monoisotopic (exact) mass is 306 g/mol. The molecule has 1 aromatic heterocycles. The van der Waals surface area contributed by atoms with Crippen molar-refractivity contribution in [2.75, 3.05) is 19.7 Å². The Morgan fingerprint density at radius 2 is 2.18 bits per heavy atom. The van der Waals surface area contributed by atoms with Gasteiger partial charge in [-0.3, -0.25) is 4.98 Å². The molecule has 7 nitrogen and oxygen atoms in total. The zero-order valence-corrected chi connectivity index (χ0v) is 12.7. The van der Waals surface area contributed by atoms with E-state index in [1.165, 1.54) is 0 Å². The lowest BCUT2D eigenvalue weighted by Crippen LogP contribution is -2.49. The highest BCUT2D eigenvalue weighted by atomic mass is 16.6. The van der Waals surface area contributed by atoms with Gasteiger partial charge < -0.3 is 20.3 Å². The van der Waals surface area contributed by atoms with Crippen LogP contribution in [0.1, 0.15) is 25.3 Å². The fraction of sp³-hybridized carbons (Fsp3) is 0.533. The molecule has 0 aromatic carbocycles. The molecule has 22 heavy (non-hydrogen) atoms. The van der Waals surface area contributed by atoms with Crippen molar-refractivity contribution in [2.45, 2.75) is 32.4 Å². The van der Waals surface area contributed by atoms with E-state index in [-0.39, 0.29) is 18.2 Å². The summed E-state index contributed by atoms with van der Waals surface area (Å²) < 4.78 is 4.97. The first-order chi connectivity index (χ1) is 10.7. The molecule has 0 radical (unpaired) electrons. The maximum atomic E-state index is 11.9. The molecule has 2 rings (SSSR count). The molecule has 2 heterocycles. The number of ether oxygens (including phenoxy) is 1. The summed E-state index contributed by atoms with van der Waals surface area (Å²) in [5.74, 6) is 0. The zero-order valence-electron chi connectivity index (χ0n) is 12.7. The molecule has 120 valence electrons. The topological polar surface area (TPSA) is 83.6 Å². The highest BCUT2D eigenvalue weighted by Crippen LogP contribution is 2.11. The minimum Gasteiger partial charge on any atom is -0.450 e. The summed E-state index contributed by atoms with van der Waals surface area (Å²) in [5, 5.41) is 5.74. The summed E-state index contributed by atoms with van der Waals surface area (Å²) in [6.07, 6.45) is 4.61. The van der Waals surface area contributed by atoms with Crippen molar-refractivity contribution >= 4 is 12.1 Å². The van der Waals surface area contributed by atoms with E-state index in [9.17, 15) is 9.59 Å². The molecule has 0 spiro atoms. The highest BCUT2D eigenvalue weighted by Gasteiger charge is 2.24. The van der Waals surface area contributed by atoms with Gasteiger partial charge in [-0.05, 0) is 31.4 Å². The summed E-state index contributed by atoms with van der Waals surface area (Å²) in [4.78, 5) is 29.1. The van der Waals surface area contributed by atoms with E-state index in [1.54, 1.807) is 24.2 Å². The standard InChI is InChI=1S/C15H22N4O3/c1-2-22-15(21)19-8-5-13(6-9-19)18-14(20)17-11-12-4-3-7-16-10-12/h3-4,7,10,13H,2,5-6,8-9,11H2,1H3,(H2,17,18,20). The number of hydrogen-bond donors (Lipinski definition) is 2. The van der Waals surface area contributed by atoms with Gasteiger partial charge in [-0.25, -0.2) is 9.59 Å². The minimum absolute atomic E-state index is 0.0829. The zero-order chi connectivity index (χ0) is 15.8. The van der Waals surface area contributed by atoms with Crippen LogP contribution in [0.25, 0.3) is 0 Å². The number of hydrogen-bond acceptors (Lipinski definition) is 4. The first kappa shape index (κ1) is 16.1. The number of aromatic nitrogens is 1. The first-order valence-electron chi connectivity index (χ1n) is 7.54. The number of rotatable bonds is 4. The van der Waals surface area contributed by atoms with Gasteiger partial charge in [0.05, 0.1) is 6.61 Å². The van der Waals surface area contributed by atoms with E-state index in [0.29, 0.717) is 26.2 Å². The molecule has 1 aliphatic rings. The molecule has 0 unspecified atom stereocenters. The number of piperidine rings is 1. The average Bonchev–Trinajstić information content (AvgIpc) is 2.55. The van der Waals surface area contributed by atoms with Crippen LogP contribution in [0.3, 0.4) is 0 Å². The van der Waals surface area contributed by atoms with Crippen LogP contribution in [-0.2, 0) is 11.3 Å². The fourth-order valence-corrected chi connectivity index (χ4v) is 2.34. The Balaban J connectivity index is 1.67. The largest absolute Gasteiger partial charge is 0.450 e. The van der Waals surface area contributed by atoms with E-state index in [1.807, 2.05) is 12.1 Å². The average molecular weight is 306 g/mol. The smallest absolute Gasteiger partial charge is 0.409 e. The Morgan fingerprint density at radius 3 is 2.82 bits per heavy atom.